The van der Waals surface area contributed by atoms with E-state index in [1.165, 1.54) is 0 Å². The first-order valence-electron chi connectivity index (χ1n) is 8.10. The molecule has 1 unspecified atom stereocenters. The molecule has 0 aliphatic rings. The quantitative estimate of drug-likeness (QED) is 0.767. The topological polar surface area (TPSA) is 55.1 Å². The second kappa shape index (κ2) is 8.83. The molecule has 0 fully saturated rings. The summed E-state index contributed by atoms with van der Waals surface area (Å²) in [6, 6.07) is 9.82. The highest BCUT2D eigenvalue weighted by Gasteiger charge is 2.25. The summed E-state index contributed by atoms with van der Waals surface area (Å²) in [5, 5.41) is 3.18. The Kier molecular flexibility index (Phi) is 7.44. The van der Waals surface area contributed by atoms with Gasteiger partial charge in [-0.05, 0) is 23.8 Å². The van der Waals surface area contributed by atoms with Gasteiger partial charge in [0.2, 0.25) is 5.91 Å². The van der Waals surface area contributed by atoms with E-state index in [1.807, 2.05) is 18.2 Å². The van der Waals surface area contributed by atoms with E-state index < -0.39 is 6.04 Å². The Morgan fingerprint density at radius 1 is 1.14 bits per heavy atom. The zero-order valence-electron chi connectivity index (χ0n) is 13.8. The summed E-state index contributed by atoms with van der Waals surface area (Å²) < 4.78 is 0. The average molecular weight is 290 g/mol. The van der Waals surface area contributed by atoms with Gasteiger partial charge in [-0.1, -0.05) is 70.9 Å². The van der Waals surface area contributed by atoms with Crippen molar-refractivity contribution >= 4 is 5.91 Å². The predicted octanol–water partition coefficient (Wildman–Crippen LogP) is 3.65. The van der Waals surface area contributed by atoms with Crippen LogP contribution in [0, 0.1) is 11.8 Å². The molecule has 0 aromatic heterocycles. The monoisotopic (exact) mass is 290 g/mol. The summed E-state index contributed by atoms with van der Waals surface area (Å²) in [5.41, 5.74) is 7.18. The minimum Gasteiger partial charge on any atom is -0.348 e. The van der Waals surface area contributed by atoms with E-state index in [2.05, 4.69) is 45.1 Å². The van der Waals surface area contributed by atoms with Crippen molar-refractivity contribution in [1.29, 1.82) is 0 Å². The first-order valence-corrected chi connectivity index (χ1v) is 8.10. The maximum Gasteiger partial charge on any atom is 0.237 e. The van der Waals surface area contributed by atoms with E-state index in [9.17, 15) is 4.79 Å². The molecule has 3 N–H and O–H groups in total. The number of benzene rings is 1. The van der Waals surface area contributed by atoms with Crippen LogP contribution in [0.15, 0.2) is 30.3 Å². The second-order valence-electron chi connectivity index (χ2n) is 6.21. The van der Waals surface area contributed by atoms with E-state index in [0.717, 1.165) is 24.8 Å². The number of nitrogens with two attached hydrogens (primary N) is 1. The summed E-state index contributed by atoms with van der Waals surface area (Å²) >= 11 is 0. The zero-order chi connectivity index (χ0) is 15.8. The normalized spacial score (nSPS) is 14.2. The van der Waals surface area contributed by atoms with Gasteiger partial charge < -0.3 is 11.1 Å². The van der Waals surface area contributed by atoms with Gasteiger partial charge in [-0.2, -0.15) is 0 Å². The number of amides is 1. The molecule has 21 heavy (non-hydrogen) atoms. The van der Waals surface area contributed by atoms with E-state index in [4.69, 9.17) is 5.73 Å². The Labute approximate surface area is 129 Å². The van der Waals surface area contributed by atoms with Crippen LogP contribution in [0.25, 0.3) is 0 Å². The lowest BCUT2D eigenvalue weighted by molar-refractivity contribution is -0.123. The molecule has 0 saturated heterocycles. The average Bonchev–Trinajstić information content (AvgIpc) is 2.47. The Morgan fingerprint density at radius 3 is 2.19 bits per heavy atom. The molecule has 0 aliphatic carbocycles. The Hall–Kier alpha value is -1.35. The lowest BCUT2D eigenvalue weighted by atomic mass is 9.88. The zero-order valence-corrected chi connectivity index (χ0v) is 13.8. The molecule has 1 rings (SSSR count). The minimum atomic E-state index is -0.425. The van der Waals surface area contributed by atoms with Crippen LogP contribution in [0.4, 0.5) is 0 Å². The number of carbonyl (C=O) groups excluding carboxylic acids is 1. The van der Waals surface area contributed by atoms with Gasteiger partial charge >= 0.3 is 0 Å². The van der Waals surface area contributed by atoms with Crippen molar-refractivity contribution in [3.63, 3.8) is 0 Å². The molecule has 118 valence electrons. The summed E-state index contributed by atoms with van der Waals surface area (Å²) in [7, 11) is 0. The third-order valence-electron chi connectivity index (χ3n) is 4.04. The Morgan fingerprint density at radius 2 is 1.71 bits per heavy atom. The molecule has 3 nitrogen and oxygen atoms in total. The smallest absolute Gasteiger partial charge is 0.237 e. The van der Waals surface area contributed by atoms with Gasteiger partial charge in [-0.3, -0.25) is 4.79 Å². The lowest BCUT2D eigenvalue weighted by Crippen LogP contribution is -2.44. The van der Waals surface area contributed by atoms with Crippen LogP contribution in [-0.4, -0.2) is 11.9 Å². The van der Waals surface area contributed by atoms with Gasteiger partial charge in [-0.25, -0.2) is 0 Å². The SMILES string of the molecule is CCC(CC)C(NC(=O)[C@H](N)CC(C)C)c1ccccc1. The van der Waals surface area contributed by atoms with Crippen molar-refractivity contribution in [3.05, 3.63) is 35.9 Å². The molecule has 1 aromatic rings. The van der Waals surface area contributed by atoms with Gasteiger partial charge in [-0.15, -0.1) is 0 Å². The first-order chi connectivity index (χ1) is 9.99. The fraction of sp³-hybridized carbons (Fsp3) is 0.611. The van der Waals surface area contributed by atoms with E-state index >= 15 is 0 Å². The second-order valence-corrected chi connectivity index (χ2v) is 6.21. The van der Waals surface area contributed by atoms with Crippen LogP contribution < -0.4 is 11.1 Å². The largest absolute Gasteiger partial charge is 0.348 e. The molecular weight excluding hydrogens is 260 g/mol. The van der Waals surface area contributed by atoms with Crippen LogP contribution >= 0.6 is 0 Å². The van der Waals surface area contributed by atoms with Crippen molar-refractivity contribution in [2.45, 2.75) is 59.0 Å². The molecular formula is C18H30N2O. The molecule has 1 amide bonds. The maximum absolute atomic E-state index is 12.4. The summed E-state index contributed by atoms with van der Waals surface area (Å²) in [4.78, 5) is 12.4. The van der Waals surface area contributed by atoms with Crippen molar-refractivity contribution in [2.24, 2.45) is 17.6 Å². The van der Waals surface area contributed by atoms with Crippen LogP contribution in [-0.2, 0) is 4.79 Å². The van der Waals surface area contributed by atoms with Gasteiger partial charge in [0.05, 0.1) is 12.1 Å². The molecule has 0 aliphatic heterocycles. The molecule has 0 radical (unpaired) electrons. The van der Waals surface area contributed by atoms with Gasteiger partial charge in [0.1, 0.15) is 0 Å². The lowest BCUT2D eigenvalue weighted by Gasteiger charge is -2.28. The van der Waals surface area contributed by atoms with Crippen LogP contribution in [0.1, 0.15) is 58.6 Å². The van der Waals surface area contributed by atoms with Gasteiger partial charge in [0.15, 0.2) is 0 Å². The third kappa shape index (κ3) is 5.50. The number of nitrogens with one attached hydrogen (secondary N) is 1. The van der Waals surface area contributed by atoms with Crippen molar-refractivity contribution < 1.29 is 4.79 Å². The maximum atomic E-state index is 12.4. The van der Waals surface area contributed by atoms with E-state index in [-0.39, 0.29) is 11.9 Å². The highest BCUT2D eigenvalue weighted by molar-refractivity contribution is 5.81. The fourth-order valence-electron chi connectivity index (χ4n) is 2.77. The number of hydrogen-bond acceptors (Lipinski definition) is 2. The van der Waals surface area contributed by atoms with Gasteiger partial charge in [0, 0.05) is 0 Å². The van der Waals surface area contributed by atoms with E-state index in [1.54, 1.807) is 0 Å². The Balaban J connectivity index is 2.85. The molecule has 0 heterocycles. The Bertz CT molecular complexity index is 412. The highest BCUT2D eigenvalue weighted by Crippen LogP contribution is 2.27. The van der Waals surface area contributed by atoms with Gasteiger partial charge in [0.25, 0.3) is 0 Å². The van der Waals surface area contributed by atoms with Crippen LogP contribution in [0.3, 0.4) is 0 Å². The number of hydrogen-bond donors (Lipinski definition) is 2. The summed E-state index contributed by atoms with van der Waals surface area (Å²) in [5.74, 6) is 0.820. The summed E-state index contributed by atoms with van der Waals surface area (Å²) in [6.45, 7) is 8.51. The predicted molar refractivity (Wildman–Crippen MR) is 88.8 cm³/mol. The minimum absolute atomic E-state index is 0.0375. The summed E-state index contributed by atoms with van der Waals surface area (Å²) in [6.07, 6.45) is 2.79. The van der Waals surface area contributed by atoms with Crippen molar-refractivity contribution in [1.82, 2.24) is 5.32 Å². The fourth-order valence-corrected chi connectivity index (χ4v) is 2.77. The number of rotatable bonds is 8. The number of carbonyl (C=O) groups is 1. The van der Waals surface area contributed by atoms with E-state index in [0.29, 0.717) is 11.8 Å². The first kappa shape index (κ1) is 17.7. The van der Waals surface area contributed by atoms with Crippen molar-refractivity contribution in [3.8, 4) is 0 Å². The molecule has 1 aromatic carbocycles. The molecule has 0 spiro atoms. The molecule has 0 saturated carbocycles. The van der Waals surface area contributed by atoms with Crippen LogP contribution in [0.2, 0.25) is 0 Å². The third-order valence-corrected chi connectivity index (χ3v) is 4.04. The molecule has 2 atom stereocenters. The van der Waals surface area contributed by atoms with Crippen molar-refractivity contribution in [2.75, 3.05) is 0 Å². The highest BCUT2D eigenvalue weighted by atomic mass is 16.2. The standard InChI is InChI=1S/C18H30N2O/c1-5-14(6-2)17(15-10-8-7-9-11-15)20-18(21)16(19)12-13(3)4/h7-11,13-14,16-17H,5-6,12,19H2,1-4H3,(H,20,21)/t16-,17?/m1/s1. The molecule has 0 bridgehead atoms. The molecule has 3 heteroatoms. The van der Waals surface area contributed by atoms with Crippen LogP contribution in [0.5, 0.6) is 0 Å².